The lowest BCUT2D eigenvalue weighted by atomic mass is 10.00. The number of amides is 1. The van der Waals surface area contributed by atoms with Gasteiger partial charge in [0.15, 0.2) is 0 Å². The lowest BCUT2D eigenvalue weighted by molar-refractivity contribution is 0.136. The average Bonchev–Trinajstić information content (AvgIpc) is 2.82. The Bertz CT molecular complexity index is 1150. The summed E-state index contributed by atoms with van der Waals surface area (Å²) in [5, 5.41) is 5.20. The molecule has 0 aromatic heterocycles. The highest BCUT2D eigenvalue weighted by Gasteiger charge is 2.13. The summed E-state index contributed by atoms with van der Waals surface area (Å²) in [5.74, 6) is 0.745. The van der Waals surface area contributed by atoms with Crippen LogP contribution in [0.1, 0.15) is 29.7 Å². The van der Waals surface area contributed by atoms with Gasteiger partial charge in [0, 0.05) is 0 Å². The molecule has 156 valence electrons. The number of rotatable bonds is 7. The van der Waals surface area contributed by atoms with Gasteiger partial charge in [0.1, 0.15) is 19.0 Å². The van der Waals surface area contributed by atoms with Crippen LogP contribution in [0.3, 0.4) is 0 Å². The van der Waals surface area contributed by atoms with Crippen molar-refractivity contribution in [2.45, 2.75) is 26.2 Å². The molecule has 4 aromatic rings. The second kappa shape index (κ2) is 9.81. The SMILES string of the molecule is CC(NC(=O)OCc1cccc(OCc2ccccc2)c1)c1cccc2ccccc12. The molecule has 4 nitrogen and oxygen atoms in total. The molecule has 4 heteroatoms. The first-order valence-electron chi connectivity index (χ1n) is 10.4. The van der Waals surface area contributed by atoms with Crippen LogP contribution in [0.15, 0.2) is 97.1 Å². The Hall–Kier alpha value is -3.79. The van der Waals surface area contributed by atoms with E-state index in [1.165, 1.54) is 0 Å². The zero-order chi connectivity index (χ0) is 21.5. The maximum Gasteiger partial charge on any atom is 0.407 e. The van der Waals surface area contributed by atoms with Crippen molar-refractivity contribution in [3.05, 3.63) is 114 Å². The summed E-state index contributed by atoms with van der Waals surface area (Å²) in [7, 11) is 0. The Morgan fingerprint density at radius 3 is 2.39 bits per heavy atom. The lowest BCUT2D eigenvalue weighted by Gasteiger charge is -2.16. The largest absolute Gasteiger partial charge is 0.489 e. The molecule has 1 N–H and O–H groups in total. The van der Waals surface area contributed by atoms with Crippen molar-refractivity contribution in [3.63, 3.8) is 0 Å². The lowest BCUT2D eigenvalue weighted by Crippen LogP contribution is -2.27. The molecule has 0 aliphatic carbocycles. The number of alkyl carbamates (subject to hydrolysis) is 1. The molecule has 0 radical (unpaired) electrons. The Morgan fingerprint density at radius 2 is 1.52 bits per heavy atom. The van der Waals surface area contributed by atoms with E-state index < -0.39 is 6.09 Å². The van der Waals surface area contributed by atoms with Crippen molar-refractivity contribution >= 4 is 16.9 Å². The van der Waals surface area contributed by atoms with Crippen LogP contribution in [0.5, 0.6) is 5.75 Å². The Morgan fingerprint density at radius 1 is 0.806 bits per heavy atom. The Balaban J connectivity index is 1.32. The molecule has 4 rings (SSSR count). The molecule has 0 fully saturated rings. The summed E-state index contributed by atoms with van der Waals surface area (Å²) in [5.41, 5.74) is 3.04. The molecule has 0 heterocycles. The van der Waals surface area contributed by atoms with Gasteiger partial charge in [-0.3, -0.25) is 0 Å². The zero-order valence-electron chi connectivity index (χ0n) is 17.5. The van der Waals surface area contributed by atoms with Gasteiger partial charge < -0.3 is 14.8 Å². The van der Waals surface area contributed by atoms with E-state index in [4.69, 9.17) is 9.47 Å². The zero-order valence-corrected chi connectivity index (χ0v) is 17.5. The van der Waals surface area contributed by atoms with Crippen LogP contribution in [0.2, 0.25) is 0 Å². The van der Waals surface area contributed by atoms with E-state index in [2.05, 4.69) is 23.5 Å². The van der Waals surface area contributed by atoms with E-state index in [0.717, 1.165) is 33.2 Å². The van der Waals surface area contributed by atoms with Crippen LogP contribution in [0, 0.1) is 0 Å². The minimum atomic E-state index is -0.448. The van der Waals surface area contributed by atoms with E-state index in [1.807, 2.05) is 85.8 Å². The number of ether oxygens (including phenoxy) is 2. The number of nitrogens with one attached hydrogen (secondary N) is 1. The van der Waals surface area contributed by atoms with Crippen LogP contribution < -0.4 is 10.1 Å². The van der Waals surface area contributed by atoms with Gasteiger partial charge >= 0.3 is 6.09 Å². The second-order valence-corrected chi connectivity index (χ2v) is 7.43. The third-order valence-corrected chi connectivity index (χ3v) is 5.14. The molecule has 0 spiro atoms. The van der Waals surface area contributed by atoms with E-state index in [0.29, 0.717) is 6.61 Å². The summed E-state index contributed by atoms with van der Waals surface area (Å²) in [6, 6.07) is 31.7. The van der Waals surface area contributed by atoms with Crippen molar-refractivity contribution < 1.29 is 14.3 Å². The number of carbonyl (C=O) groups is 1. The van der Waals surface area contributed by atoms with E-state index in [9.17, 15) is 4.79 Å². The fraction of sp³-hybridized carbons (Fsp3) is 0.148. The predicted octanol–water partition coefficient (Wildman–Crippen LogP) is 6.41. The standard InChI is InChI=1S/C27H25NO3/c1-20(25-16-8-13-23-12-5-6-15-26(23)25)28-27(29)31-19-22-11-7-14-24(17-22)30-18-21-9-3-2-4-10-21/h2-17,20H,18-19H2,1H3,(H,28,29). The molecule has 31 heavy (non-hydrogen) atoms. The van der Waals surface area contributed by atoms with Gasteiger partial charge in [0.05, 0.1) is 6.04 Å². The first-order chi connectivity index (χ1) is 15.2. The van der Waals surface area contributed by atoms with E-state index in [-0.39, 0.29) is 12.6 Å². The molecule has 0 aliphatic heterocycles. The van der Waals surface area contributed by atoms with Crippen molar-refractivity contribution in [2.24, 2.45) is 0 Å². The summed E-state index contributed by atoms with van der Waals surface area (Å²) < 4.78 is 11.3. The number of hydrogen-bond acceptors (Lipinski definition) is 3. The van der Waals surface area contributed by atoms with E-state index >= 15 is 0 Å². The Labute approximate surface area is 182 Å². The molecule has 0 bridgehead atoms. The van der Waals surface area contributed by atoms with Gasteiger partial charge in [-0.25, -0.2) is 4.79 Å². The summed E-state index contributed by atoms with van der Waals surface area (Å²) in [6.07, 6.45) is -0.448. The first-order valence-corrected chi connectivity index (χ1v) is 10.4. The molecule has 1 amide bonds. The van der Waals surface area contributed by atoms with Crippen LogP contribution in [-0.2, 0) is 18.0 Å². The van der Waals surface area contributed by atoms with Crippen LogP contribution >= 0.6 is 0 Å². The fourth-order valence-electron chi connectivity index (χ4n) is 3.54. The number of benzene rings is 4. The fourth-order valence-corrected chi connectivity index (χ4v) is 3.54. The summed E-state index contributed by atoms with van der Waals surface area (Å²) in [4.78, 5) is 12.4. The summed E-state index contributed by atoms with van der Waals surface area (Å²) in [6.45, 7) is 2.63. The summed E-state index contributed by atoms with van der Waals surface area (Å²) >= 11 is 0. The average molecular weight is 412 g/mol. The minimum Gasteiger partial charge on any atom is -0.489 e. The van der Waals surface area contributed by atoms with Gasteiger partial charge in [-0.2, -0.15) is 0 Å². The topological polar surface area (TPSA) is 47.6 Å². The molecule has 1 atom stereocenters. The van der Waals surface area contributed by atoms with Gasteiger partial charge in [-0.1, -0.05) is 84.9 Å². The smallest absolute Gasteiger partial charge is 0.407 e. The molecule has 1 unspecified atom stereocenters. The maximum absolute atomic E-state index is 12.4. The maximum atomic E-state index is 12.4. The highest BCUT2D eigenvalue weighted by molar-refractivity contribution is 5.86. The van der Waals surface area contributed by atoms with Crippen molar-refractivity contribution in [2.75, 3.05) is 0 Å². The molecule has 0 saturated heterocycles. The molecular formula is C27H25NO3. The number of hydrogen-bond donors (Lipinski definition) is 1. The third kappa shape index (κ3) is 5.43. The predicted molar refractivity (Wildman–Crippen MR) is 123 cm³/mol. The monoisotopic (exact) mass is 411 g/mol. The van der Waals surface area contributed by atoms with Gasteiger partial charge in [-0.05, 0) is 46.5 Å². The normalized spacial score (nSPS) is 11.6. The highest BCUT2D eigenvalue weighted by Crippen LogP contribution is 2.24. The molecule has 0 saturated carbocycles. The van der Waals surface area contributed by atoms with Crippen LogP contribution in [-0.4, -0.2) is 6.09 Å². The number of carbonyl (C=O) groups excluding carboxylic acids is 1. The van der Waals surface area contributed by atoms with Gasteiger partial charge in [-0.15, -0.1) is 0 Å². The number of fused-ring (bicyclic) bond motifs is 1. The van der Waals surface area contributed by atoms with Crippen molar-refractivity contribution in [3.8, 4) is 5.75 Å². The molecule has 4 aromatic carbocycles. The van der Waals surface area contributed by atoms with Crippen molar-refractivity contribution in [1.29, 1.82) is 0 Å². The molecular weight excluding hydrogens is 386 g/mol. The highest BCUT2D eigenvalue weighted by atomic mass is 16.5. The first kappa shape index (κ1) is 20.5. The second-order valence-electron chi connectivity index (χ2n) is 7.43. The molecule has 0 aliphatic rings. The van der Waals surface area contributed by atoms with Crippen LogP contribution in [0.4, 0.5) is 4.79 Å². The van der Waals surface area contributed by atoms with Gasteiger partial charge in [0.2, 0.25) is 0 Å². The van der Waals surface area contributed by atoms with Crippen LogP contribution in [0.25, 0.3) is 10.8 Å². The van der Waals surface area contributed by atoms with Gasteiger partial charge in [0.25, 0.3) is 0 Å². The van der Waals surface area contributed by atoms with E-state index in [1.54, 1.807) is 0 Å². The Kier molecular flexibility index (Phi) is 6.48. The third-order valence-electron chi connectivity index (χ3n) is 5.14. The quantitative estimate of drug-likeness (QED) is 0.382. The van der Waals surface area contributed by atoms with Crippen molar-refractivity contribution in [1.82, 2.24) is 5.32 Å². The minimum absolute atomic E-state index is 0.167.